The van der Waals surface area contributed by atoms with Crippen molar-refractivity contribution in [3.63, 3.8) is 0 Å². The number of nitrogens with two attached hydrogens (primary N) is 1. The van der Waals surface area contributed by atoms with Crippen LogP contribution in [-0.4, -0.2) is 29.4 Å². The smallest absolute Gasteiger partial charge is 0.265 e. The van der Waals surface area contributed by atoms with Crippen molar-refractivity contribution >= 4 is 32.7 Å². The number of aromatic nitrogens is 2. The van der Waals surface area contributed by atoms with E-state index in [1.54, 1.807) is 4.57 Å². The average molecular weight is 374 g/mol. The Kier molecular flexibility index (Phi) is 4.33. The van der Waals surface area contributed by atoms with Crippen molar-refractivity contribution < 1.29 is 18.0 Å². The molecule has 3 N–H and O–H groups in total. The molecule has 0 bridgehead atoms. The van der Waals surface area contributed by atoms with Crippen molar-refractivity contribution in [1.82, 2.24) is 13.9 Å². The zero-order valence-corrected chi connectivity index (χ0v) is 15.1. The summed E-state index contributed by atoms with van der Waals surface area (Å²) in [7, 11) is -2.61. The van der Waals surface area contributed by atoms with Gasteiger partial charge in [0.2, 0.25) is 0 Å². The summed E-state index contributed by atoms with van der Waals surface area (Å²) in [6, 6.07) is 10.6. The van der Waals surface area contributed by atoms with Crippen molar-refractivity contribution in [1.29, 1.82) is 0 Å². The molecule has 2 amide bonds. The number of amides is 2. The molecule has 0 saturated heterocycles. The standard InChI is InChI=1S/C17H18N4O4S/c1-11-7-12-5-3-4-6-14(12)21(11)10-16(22)19-26(24,25)13-8-15(17(18)23)20(2)9-13/h3-9H,10H2,1-2H3,(H2,18,23)(H,19,22). The maximum Gasteiger partial charge on any atom is 0.265 e. The molecule has 2 aromatic heterocycles. The van der Waals surface area contributed by atoms with Crippen molar-refractivity contribution in [3.05, 3.63) is 54.0 Å². The maximum atomic E-state index is 12.4. The Labute approximate surface area is 150 Å². The van der Waals surface area contributed by atoms with Gasteiger partial charge in [0.05, 0.1) is 0 Å². The van der Waals surface area contributed by atoms with E-state index in [1.807, 2.05) is 42.0 Å². The van der Waals surface area contributed by atoms with Crippen LogP contribution in [0, 0.1) is 6.92 Å². The molecule has 136 valence electrons. The largest absolute Gasteiger partial charge is 0.364 e. The second-order valence-electron chi connectivity index (χ2n) is 6.00. The maximum absolute atomic E-state index is 12.4. The van der Waals surface area contributed by atoms with Crippen LogP contribution < -0.4 is 10.5 Å². The Bertz CT molecular complexity index is 1130. The first-order valence-electron chi connectivity index (χ1n) is 7.76. The monoisotopic (exact) mass is 374 g/mol. The number of nitrogens with zero attached hydrogens (tertiary/aromatic N) is 2. The zero-order valence-electron chi connectivity index (χ0n) is 14.3. The molecule has 3 aromatic rings. The third-order valence-corrected chi connectivity index (χ3v) is 5.45. The molecular weight excluding hydrogens is 356 g/mol. The molecule has 0 spiro atoms. The highest BCUT2D eigenvalue weighted by Gasteiger charge is 2.22. The summed E-state index contributed by atoms with van der Waals surface area (Å²) < 4.78 is 29.9. The van der Waals surface area contributed by atoms with Gasteiger partial charge in [0, 0.05) is 24.5 Å². The lowest BCUT2D eigenvalue weighted by molar-refractivity contribution is -0.119. The number of hydrogen-bond acceptors (Lipinski definition) is 4. The van der Waals surface area contributed by atoms with Crippen LogP contribution in [0.15, 0.2) is 47.5 Å². The van der Waals surface area contributed by atoms with E-state index in [4.69, 9.17) is 5.73 Å². The Hall–Kier alpha value is -3.07. The third kappa shape index (κ3) is 3.21. The van der Waals surface area contributed by atoms with Crippen LogP contribution in [0.1, 0.15) is 16.2 Å². The number of primary amides is 1. The highest BCUT2D eigenvalue weighted by atomic mass is 32.2. The van der Waals surface area contributed by atoms with Gasteiger partial charge in [0.15, 0.2) is 0 Å². The van der Waals surface area contributed by atoms with Crippen LogP contribution >= 0.6 is 0 Å². The van der Waals surface area contributed by atoms with Crippen LogP contribution in [0.5, 0.6) is 0 Å². The van der Waals surface area contributed by atoms with Crippen molar-refractivity contribution in [2.75, 3.05) is 0 Å². The molecule has 1 aromatic carbocycles. The molecule has 0 radical (unpaired) electrons. The SMILES string of the molecule is Cc1cc2ccccc2n1CC(=O)NS(=O)(=O)c1cc(C(N)=O)n(C)c1. The van der Waals surface area contributed by atoms with Gasteiger partial charge in [0.1, 0.15) is 17.1 Å². The van der Waals surface area contributed by atoms with Gasteiger partial charge in [-0.15, -0.1) is 0 Å². The first-order chi connectivity index (χ1) is 12.2. The molecule has 3 rings (SSSR count). The first-order valence-corrected chi connectivity index (χ1v) is 9.24. The lowest BCUT2D eigenvalue weighted by atomic mass is 10.2. The van der Waals surface area contributed by atoms with Crippen molar-refractivity contribution in [2.24, 2.45) is 12.8 Å². The predicted octanol–water partition coefficient (Wildman–Crippen LogP) is 0.892. The number of para-hydroxylation sites is 1. The quantitative estimate of drug-likeness (QED) is 0.690. The number of rotatable bonds is 5. The minimum atomic E-state index is -4.11. The lowest BCUT2D eigenvalue weighted by Gasteiger charge is -2.09. The second-order valence-corrected chi connectivity index (χ2v) is 7.68. The molecule has 0 unspecified atom stereocenters. The summed E-state index contributed by atoms with van der Waals surface area (Å²) in [5.74, 6) is -1.44. The Morgan fingerprint density at radius 1 is 1.19 bits per heavy atom. The van der Waals surface area contributed by atoms with Gasteiger partial charge in [-0.05, 0) is 30.5 Å². The molecule has 0 fully saturated rings. The number of carbonyl (C=O) groups excluding carboxylic acids is 2. The van der Waals surface area contributed by atoms with Crippen LogP contribution in [0.2, 0.25) is 0 Å². The highest BCUT2D eigenvalue weighted by molar-refractivity contribution is 7.90. The summed E-state index contributed by atoms with van der Waals surface area (Å²) in [6.45, 7) is 1.70. The summed E-state index contributed by atoms with van der Waals surface area (Å²) in [5.41, 5.74) is 6.90. The molecule has 8 nitrogen and oxygen atoms in total. The summed E-state index contributed by atoms with van der Waals surface area (Å²) in [4.78, 5) is 23.4. The molecule has 26 heavy (non-hydrogen) atoms. The molecule has 0 aliphatic rings. The van der Waals surface area contributed by atoms with Crippen LogP contribution in [0.4, 0.5) is 0 Å². The van der Waals surface area contributed by atoms with Gasteiger partial charge in [-0.25, -0.2) is 13.1 Å². The van der Waals surface area contributed by atoms with E-state index in [-0.39, 0.29) is 17.1 Å². The van der Waals surface area contributed by atoms with E-state index in [2.05, 4.69) is 0 Å². The molecule has 0 atom stereocenters. The van der Waals surface area contributed by atoms with Gasteiger partial charge >= 0.3 is 0 Å². The number of aryl methyl sites for hydroxylation is 2. The van der Waals surface area contributed by atoms with E-state index in [9.17, 15) is 18.0 Å². The van der Waals surface area contributed by atoms with Crippen molar-refractivity contribution in [3.8, 4) is 0 Å². The summed E-state index contributed by atoms with van der Waals surface area (Å²) >= 11 is 0. The number of nitrogens with one attached hydrogen (secondary N) is 1. The van der Waals surface area contributed by atoms with E-state index >= 15 is 0 Å². The van der Waals surface area contributed by atoms with Crippen LogP contribution in [0.3, 0.4) is 0 Å². The number of sulfonamides is 1. The fourth-order valence-corrected chi connectivity index (χ4v) is 3.91. The number of hydrogen-bond donors (Lipinski definition) is 2. The zero-order chi connectivity index (χ0) is 19.1. The van der Waals surface area contributed by atoms with E-state index < -0.39 is 21.8 Å². The Morgan fingerprint density at radius 3 is 2.54 bits per heavy atom. The third-order valence-electron chi connectivity index (χ3n) is 4.11. The normalized spacial score (nSPS) is 11.6. The van der Waals surface area contributed by atoms with Gasteiger partial charge in [-0.2, -0.15) is 0 Å². The molecule has 0 saturated carbocycles. The average Bonchev–Trinajstić information content (AvgIpc) is 3.08. The minimum absolute atomic E-state index is 0.0325. The number of carbonyl (C=O) groups is 2. The molecule has 9 heteroatoms. The highest BCUT2D eigenvalue weighted by Crippen LogP contribution is 2.19. The fourth-order valence-electron chi connectivity index (χ4n) is 2.87. The Morgan fingerprint density at radius 2 is 1.88 bits per heavy atom. The molecular formula is C17H18N4O4S. The predicted molar refractivity (Wildman–Crippen MR) is 95.9 cm³/mol. The van der Waals surface area contributed by atoms with Crippen LogP contribution in [0.25, 0.3) is 10.9 Å². The van der Waals surface area contributed by atoms with Gasteiger partial charge in [-0.1, -0.05) is 18.2 Å². The second kappa shape index (κ2) is 6.34. The lowest BCUT2D eigenvalue weighted by Crippen LogP contribution is -2.33. The molecule has 2 heterocycles. The topological polar surface area (TPSA) is 116 Å². The Balaban J connectivity index is 1.84. The van der Waals surface area contributed by atoms with Crippen molar-refractivity contribution in [2.45, 2.75) is 18.4 Å². The van der Waals surface area contributed by atoms with E-state index in [0.717, 1.165) is 22.7 Å². The first kappa shape index (κ1) is 17.7. The van der Waals surface area contributed by atoms with Gasteiger partial charge in [-0.3, -0.25) is 9.59 Å². The summed E-state index contributed by atoms with van der Waals surface area (Å²) in [5, 5.41) is 0.967. The van der Waals surface area contributed by atoms with Crippen LogP contribution in [-0.2, 0) is 28.4 Å². The minimum Gasteiger partial charge on any atom is -0.364 e. The molecule has 0 aliphatic carbocycles. The number of benzene rings is 1. The molecule has 0 aliphatic heterocycles. The van der Waals surface area contributed by atoms with Gasteiger partial charge < -0.3 is 14.9 Å². The van der Waals surface area contributed by atoms with Gasteiger partial charge in [0.25, 0.3) is 21.8 Å². The fraction of sp³-hybridized carbons (Fsp3) is 0.176. The van der Waals surface area contributed by atoms with E-state index in [0.29, 0.717) is 0 Å². The summed E-state index contributed by atoms with van der Waals surface area (Å²) in [6.07, 6.45) is 1.23. The number of fused-ring (bicyclic) bond motifs is 1. The van der Waals surface area contributed by atoms with E-state index in [1.165, 1.54) is 17.8 Å².